The molecule has 2 heterocycles. The first-order chi connectivity index (χ1) is 20.0. The Kier molecular flexibility index (Phi) is 6.22. The molecule has 2 aliphatic heterocycles. The fraction of sp³-hybridized carbons (Fsp3) is 0.200. The van der Waals surface area contributed by atoms with E-state index in [9.17, 15) is 16.8 Å². The molecule has 0 aromatic heterocycles. The first-order valence-corrected chi connectivity index (χ1v) is 16.9. The van der Waals surface area contributed by atoms with Gasteiger partial charge in [-0.3, -0.25) is 20.0 Å². The van der Waals surface area contributed by atoms with E-state index >= 15 is 0 Å². The minimum Gasteiger partial charge on any atom is -0.253 e. The van der Waals surface area contributed by atoms with Crippen molar-refractivity contribution in [1.82, 2.24) is 0 Å². The lowest BCUT2D eigenvalue weighted by Gasteiger charge is -2.36. The Morgan fingerprint density at radius 1 is 0.500 bits per heavy atom. The van der Waals surface area contributed by atoms with Crippen LogP contribution < -0.4 is 21.4 Å². The third kappa shape index (κ3) is 4.40. The highest BCUT2D eigenvalue weighted by Gasteiger charge is 2.45. The van der Waals surface area contributed by atoms with Crippen LogP contribution in [0.2, 0.25) is 10.0 Å². The lowest BCUT2D eigenvalue weighted by atomic mass is 9.83. The molecule has 4 aromatic rings. The minimum absolute atomic E-state index is 0.00761. The molecule has 8 nitrogen and oxygen atoms in total. The summed E-state index contributed by atoms with van der Waals surface area (Å²) in [5.74, 6) is 0. The predicted octanol–water partition coefficient (Wildman–Crippen LogP) is 3.83. The number of rotatable bonds is 4. The average Bonchev–Trinajstić information content (AvgIpc) is 3.51. The van der Waals surface area contributed by atoms with Crippen LogP contribution >= 0.6 is 23.2 Å². The van der Waals surface area contributed by atoms with Gasteiger partial charge in [0.15, 0.2) is 11.3 Å². The van der Waals surface area contributed by atoms with Gasteiger partial charge >= 0.3 is 0 Å². The molecule has 1 aliphatic carbocycles. The molecule has 0 radical (unpaired) electrons. The van der Waals surface area contributed by atoms with Crippen molar-refractivity contribution in [3.63, 3.8) is 0 Å². The number of fused-ring (bicyclic) bond motifs is 2. The van der Waals surface area contributed by atoms with Crippen LogP contribution in [0, 0.1) is 0 Å². The maximum Gasteiger partial charge on any atom is 0.208 e. The maximum absolute atomic E-state index is 13.3. The number of hydrogen-bond donors (Lipinski definition) is 0. The summed E-state index contributed by atoms with van der Waals surface area (Å²) in [6.07, 6.45) is 2.07. The van der Waals surface area contributed by atoms with Gasteiger partial charge in [0.05, 0.1) is 51.1 Å². The van der Waals surface area contributed by atoms with Gasteiger partial charge < -0.3 is 0 Å². The molecule has 3 aliphatic rings. The third-order valence-corrected chi connectivity index (χ3v) is 12.4. The van der Waals surface area contributed by atoms with E-state index in [0.29, 0.717) is 47.1 Å². The normalized spacial score (nSPS) is 22.5. The van der Waals surface area contributed by atoms with Crippen molar-refractivity contribution in [2.45, 2.75) is 56.6 Å². The topological polar surface area (TPSA) is 118 Å². The van der Waals surface area contributed by atoms with Crippen molar-refractivity contribution >= 4 is 42.9 Å². The van der Waals surface area contributed by atoms with E-state index < -0.39 is 31.0 Å². The van der Waals surface area contributed by atoms with Crippen molar-refractivity contribution < 1.29 is 16.8 Å². The molecule has 0 N–H and O–H groups in total. The summed E-state index contributed by atoms with van der Waals surface area (Å²) in [6.45, 7) is 0. The Balaban J connectivity index is 1.20. The second-order valence-corrected chi connectivity index (χ2v) is 15.2. The fourth-order valence-corrected chi connectivity index (χ4v) is 9.36. The fourth-order valence-electron chi connectivity index (χ4n) is 5.73. The summed E-state index contributed by atoms with van der Waals surface area (Å²) in [4.78, 5) is 19.8. The smallest absolute Gasteiger partial charge is 0.208 e. The van der Waals surface area contributed by atoms with Gasteiger partial charge in [0.25, 0.3) is 0 Å². The van der Waals surface area contributed by atoms with Crippen molar-refractivity contribution in [1.29, 1.82) is 0 Å². The largest absolute Gasteiger partial charge is 0.253 e. The highest BCUT2D eigenvalue weighted by molar-refractivity contribution is 7.92. The molecule has 12 heteroatoms. The molecule has 4 aromatic carbocycles. The van der Waals surface area contributed by atoms with Gasteiger partial charge in [-0.25, -0.2) is 16.8 Å². The van der Waals surface area contributed by atoms with Crippen LogP contribution in [0.1, 0.15) is 25.7 Å². The molecular formula is C30H22Cl2N4O4S2. The van der Waals surface area contributed by atoms with Gasteiger partial charge in [-0.1, -0.05) is 59.6 Å². The Labute approximate surface area is 251 Å². The molecule has 1 saturated carbocycles. The molecule has 1 fully saturated rings. The molecule has 2 spiro atoms. The summed E-state index contributed by atoms with van der Waals surface area (Å²) in [6, 6.07) is 22.4. The van der Waals surface area contributed by atoms with Crippen LogP contribution in [-0.4, -0.2) is 28.2 Å². The summed E-state index contributed by atoms with van der Waals surface area (Å²) in [7, 11) is -7.67. The zero-order valence-electron chi connectivity index (χ0n) is 21.9. The van der Waals surface area contributed by atoms with Crippen LogP contribution in [0.15, 0.2) is 124 Å². The van der Waals surface area contributed by atoms with Gasteiger partial charge in [-0.15, -0.1) is 0 Å². The van der Waals surface area contributed by atoms with Crippen molar-refractivity contribution in [2.75, 3.05) is 0 Å². The third-order valence-electron chi connectivity index (χ3n) is 7.91. The Bertz CT molecular complexity index is 2090. The predicted molar refractivity (Wildman–Crippen MR) is 155 cm³/mol. The molecule has 0 saturated heterocycles. The first kappa shape index (κ1) is 27.4. The van der Waals surface area contributed by atoms with Gasteiger partial charge in [0, 0.05) is 0 Å². The quantitative estimate of drug-likeness (QED) is 0.338. The summed E-state index contributed by atoms with van der Waals surface area (Å²) >= 11 is 12.9. The number of sulfone groups is 2. The lowest BCUT2D eigenvalue weighted by molar-refractivity contribution is 0.215. The second-order valence-electron chi connectivity index (χ2n) is 10.6. The van der Waals surface area contributed by atoms with E-state index in [4.69, 9.17) is 43.2 Å². The number of benzene rings is 4. The first-order valence-electron chi connectivity index (χ1n) is 13.2. The number of hydrogen-bond acceptors (Lipinski definition) is 8. The lowest BCUT2D eigenvalue weighted by Crippen LogP contribution is -2.38. The minimum atomic E-state index is -3.84. The van der Waals surface area contributed by atoms with Crippen LogP contribution in [0.25, 0.3) is 0 Å². The molecule has 0 bridgehead atoms. The molecule has 212 valence electrons. The molecule has 0 atom stereocenters. The van der Waals surface area contributed by atoms with E-state index in [1.165, 1.54) is 36.4 Å². The van der Waals surface area contributed by atoms with E-state index in [1.807, 2.05) is 0 Å². The van der Waals surface area contributed by atoms with E-state index in [-0.39, 0.29) is 29.6 Å². The highest BCUT2D eigenvalue weighted by Crippen LogP contribution is 2.42. The van der Waals surface area contributed by atoms with E-state index in [1.54, 1.807) is 48.5 Å². The van der Waals surface area contributed by atoms with Crippen LogP contribution in [0.3, 0.4) is 0 Å². The maximum atomic E-state index is 13.3. The van der Waals surface area contributed by atoms with Crippen molar-refractivity contribution in [3.05, 3.63) is 116 Å². The van der Waals surface area contributed by atoms with Crippen LogP contribution in [0.5, 0.6) is 0 Å². The summed E-state index contributed by atoms with van der Waals surface area (Å²) in [5.41, 5.74) is -1.55. The van der Waals surface area contributed by atoms with E-state index in [2.05, 4.69) is 0 Å². The van der Waals surface area contributed by atoms with E-state index in [0.717, 1.165) is 0 Å². The van der Waals surface area contributed by atoms with Gasteiger partial charge in [-0.05, 0) is 74.2 Å². The summed E-state index contributed by atoms with van der Waals surface area (Å²) in [5, 5.41) is 2.25. The average molecular weight is 638 g/mol. The Hall–Kier alpha value is -3.44. The van der Waals surface area contributed by atoms with Gasteiger partial charge in [-0.2, -0.15) is 0 Å². The van der Waals surface area contributed by atoms with Crippen molar-refractivity contribution in [3.8, 4) is 0 Å². The number of halogens is 2. The van der Waals surface area contributed by atoms with Crippen LogP contribution in [0.4, 0.5) is 0 Å². The van der Waals surface area contributed by atoms with Crippen LogP contribution in [-0.2, 0) is 19.7 Å². The summed E-state index contributed by atoms with van der Waals surface area (Å²) < 4.78 is 53.0. The SMILES string of the molecule is O=S(=O)(c1ccccc1)c1cc2c(cc1Cl)=NC1(CCC3(CC1)N=c1cc(Cl)c(S(=O)(=O)c4ccccc4)cc1=N3)N=2. The monoisotopic (exact) mass is 636 g/mol. The molecular weight excluding hydrogens is 615 g/mol. The molecule has 42 heavy (non-hydrogen) atoms. The Morgan fingerprint density at radius 3 is 1.14 bits per heavy atom. The molecule has 0 amide bonds. The second kappa shape index (κ2) is 9.54. The highest BCUT2D eigenvalue weighted by atomic mass is 35.5. The zero-order valence-corrected chi connectivity index (χ0v) is 25.1. The Morgan fingerprint density at radius 2 is 0.810 bits per heavy atom. The number of nitrogens with zero attached hydrogens (tertiary/aromatic N) is 4. The molecule has 7 rings (SSSR count). The van der Waals surface area contributed by atoms with Gasteiger partial charge in [0.1, 0.15) is 0 Å². The standard InChI is InChI=1S/C30H22Cl2N4O4S2/c31-21-15-23-25(17-27(21)41(37,38)19-7-3-1-4-8-19)35-29(33-23)11-13-30(14-12-29)34-24-16-22(32)28(18-26(24)36-30)42(39,40)20-9-5-2-6-10-20/h1-10,15-18H,11-14H2. The molecule has 0 unspecified atom stereocenters. The van der Waals surface area contributed by atoms with Crippen molar-refractivity contribution in [2.24, 2.45) is 20.0 Å². The van der Waals surface area contributed by atoms with Gasteiger partial charge in [0.2, 0.25) is 19.7 Å². The zero-order chi connectivity index (χ0) is 29.3.